The molecule has 0 amide bonds. The van der Waals surface area contributed by atoms with Crippen LogP contribution in [0.1, 0.15) is 45.4 Å². The molecule has 2 aliphatic rings. The largest absolute Gasteiger partial charge is 0.361 e. The van der Waals surface area contributed by atoms with Crippen molar-refractivity contribution < 1.29 is 8.78 Å². The second-order valence-corrected chi connectivity index (χ2v) is 6.48. The lowest BCUT2D eigenvalue weighted by Crippen LogP contribution is -2.65. The van der Waals surface area contributed by atoms with Crippen LogP contribution in [0.4, 0.5) is 14.5 Å². The lowest BCUT2D eigenvalue weighted by atomic mass is 9.79. The van der Waals surface area contributed by atoms with E-state index in [0.717, 1.165) is 25.8 Å². The molecule has 1 saturated carbocycles. The molecular formula is C17H24F2N2. The molecule has 1 aliphatic heterocycles. The van der Waals surface area contributed by atoms with Crippen molar-refractivity contribution in [2.24, 2.45) is 0 Å². The van der Waals surface area contributed by atoms with Gasteiger partial charge in [-0.3, -0.25) is 0 Å². The number of nitrogens with zero attached hydrogens (tertiary/aromatic N) is 1. The number of rotatable bonds is 2. The molecule has 4 heteroatoms. The van der Waals surface area contributed by atoms with E-state index >= 15 is 0 Å². The van der Waals surface area contributed by atoms with Gasteiger partial charge in [-0.2, -0.15) is 0 Å². The van der Waals surface area contributed by atoms with Crippen molar-refractivity contribution in [2.75, 3.05) is 18.0 Å². The summed E-state index contributed by atoms with van der Waals surface area (Å²) in [6, 6.07) is 4.32. The minimum Gasteiger partial charge on any atom is -0.361 e. The van der Waals surface area contributed by atoms with Crippen LogP contribution < -0.4 is 10.2 Å². The van der Waals surface area contributed by atoms with Gasteiger partial charge in [-0.25, -0.2) is 8.78 Å². The first-order valence-electron chi connectivity index (χ1n) is 8.11. The Bertz CT molecular complexity index is 477. The first-order chi connectivity index (χ1) is 10.2. The van der Waals surface area contributed by atoms with Crippen LogP contribution in [0.5, 0.6) is 0 Å². The second kappa shape index (κ2) is 5.91. The summed E-state index contributed by atoms with van der Waals surface area (Å²) in [5, 5.41) is 3.69. The van der Waals surface area contributed by atoms with Crippen molar-refractivity contribution >= 4 is 5.69 Å². The first-order valence-corrected chi connectivity index (χ1v) is 8.11. The maximum Gasteiger partial charge on any atom is 0.149 e. The standard InChI is InChI=1S/C17H24F2N2/c1-2-13-11-20-17(9-4-3-5-10-17)12-21(13)16-14(18)7-6-8-15(16)19/h6-8,13,20H,2-5,9-12H2,1H3. The van der Waals surface area contributed by atoms with E-state index in [0.29, 0.717) is 6.54 Å². The molecule has 21 heavy (non-hydrogen) atoms. The zero-order chi connectivity index (χ0) is 14.9. The molecule has 0 radical (unpaired) electrons. The number of hydrogen-bond donors (Lipinski definition) is 1. The molecule has 1 unspecified atom stereocenters. The lowest BCUT2D eigenvalue weighted by molar-refractivity contribution is 0.194. The fourth-order valence-corrected chi connectivity index (χ4v) is 3.91. The Morgan fingerprint density at radius 2 is 1.86 bits per heavy atom. The summed E-state index contributed by atoms with van der Waals surface area (Å²) >= 11 is 0. The third-order valence-electron chi connectivity index (χ3n) is 5.13. The molecule has 116 valence electrons. The van der Waals surface area contributed by atoms with Gasteiger partial charge in [-0.05, 0) is 31.4 Å². The average Bonchev–Trinajstić information content (AvgIpc) is 2.48. The zero-order valence-corrected chi connectivity index (χ0v) is 12.7. The maximum atomic E-state index is 14.2. The average molecular weight is 294 g/mol. The third kappa shape index (κ3) is 2.78. The minimum absolute atomic E-state index is 0.0403. The van der Waals surface area contributed by atoms with Crippen molar-refractivity contribution in [3.05, 3.63) is 29.8 Å². The molecule has 0 aromatic heterocycles. The Morgan fingerprint density at radius 1 is 1.19 bits per heavy atom. The zero-order valence-electron chi connectivity index (χ0n) is 12.7. The summed E-state index contributed by atoms with van der Waals surface area (Å²) in [5.41, 5.74) is 0.203. The Balaban J connectivity index is 1.92. The van der Waals surface area contributed by atoms with Gasteiger partial charge in [0.05, 0.1) is 0 Å². The van der Waals surface area contributed by atoms with Gasteiger partial charge in [0.1, 0.15) is 17.3 Å². The van der Waals surface area contributed by atoms with Crippen molar-refractivity contribution in [2.45, 2.75) is 57.0 Å². The van der Waals surface area contributed by atoms with E-state index in [2.05, 4.69) is 12.2 Å². The van der Waals surface area contributed by atoms with Crippen LogP contribution in [-0.2, 0) is 0 Å². The van der Waals surface area contributed by atoms with E-state index in [1.165, 1.54) is 37.5 Å². The van der Waals surface area contributed by atoms with Gasteiger partial charge in [-0.1, -0.05) is 32.3 Å². The summed E-state index contributed by atoms with van der Waals surface area (Å²) < 4.78 is 28.4. The van der Waals surface area contributed by atoms with Gasteiger partial charge in [0.2, 0.25) is 0 Å². The van der Waals surface area contributed by atoms with Crippen molar-refractivity contribution in [1.29, 1.82) is 0 Å². The highest BCUT2D eigenvalue weighted by atomic mass is 19.1. The Kier molecular flexibility index (Phi) is 4.16. The Labute approximate surface area is 125 Å². The molecule has 2 fully saturated rings. The molecule has 1 N–H and O–H groups in total. The van der Waals surface area contributed by atoms with Crippen molar-refractivity contribution in [1.82, 2.24) is 5.32 Å². The van der Waals surface area contributed by atoms with E-state index in [9.17, 15) is 8.78 Å². The van der Waals surface area contributed by atoms with Crippen molar-refractivity contribution in [3.8, 4) is 0 Å². The molecule has 1 saturated heterocycles. The molecule has 1 spiro atoms. The smallest absolute Gasteiger partial charge is 0.149 e. The highest BCUT2D eigenvalue weighted by Crippen LogP contribution is 2.36. The van der Waals surface area contributed by atoms with E-state index < -0.39 is 11.6 Å². The molecule has 1 atom stereocenters. The number of para-hydroxylation sites is 1. The minimum atomic E-state index is -0.443. The molecule has 3 rings (SSSR count). The molecule has 0 bridgehead atoms. The quantitative estimate of drug-likeness (QED) is 0.891. The van der Waals surface area contributed by atoms with E-state index in [1.807, 2.05) is 4.90 Å². The second-order valence-electron chi connectivity index (χ2n) is 6.48. The fraction of sp³-hybridized carbons (Fsp3) is 0.647. The van der Waals surface area contributed by atoms with Crippen molar-refractivity contribution in [3.63, 3.8) is 0 Å². The molecule has 2 nitrogen and oxygen atoms in total. The van der Waals surface area contributed by atoms with Crippen LogP contribution in [0.15, 0.2) is 18.2 Å². The first kappa shape index (κ1) is 14.8. The number of halogens is 2. The maximum absolute atomic E-state index is 14.2. The van der Waals surface area contributed by atoms with Gasteiger partial charge in [0, 0.05) is 24.7 Å². The lowest BCUT2D eigenvalue weighted by Gasteiger charge is -2.50. The fourth-order valence-electron chi connectivity index (χ4n) is 3.91. The van der Waals surface area contributed by atoms with Crippen LogP contribution in [0.3, 0.4) is 0 Å². The predicted octanol–water partition coefficient (Wildman–Crippen LogP) is 3.86. The van der Waals surface area contributed by atoms with Crippen LogP contribution in [0.2, 0.25) is 0 Å². The summed E-state index contributed by atoms with van der Waals surface area (Å²) in [5.74, 6) is -0.886. The van der Waals surface area contributed by atoms with Gasteiger partial charge >= 0.3 is 0 Å². The third-order valence-corrected chi connectivity index (χ3v) is 5.13. The number of nitrogens with one attached hydrogen (secondary N) is 1. The Morgan fingerprint density at radius 3 is 2.48 bits per heavy atom. The van der Waals surface area contributed by atoms with Gasteiger partial charge < -0.3 is 10.2 Å². The molecule has 1 aromatic carbocycles. The molecule has 1 heterocycles. The van der Waals surface area contributed by atoms with E-state index in [4.69, 9.17) is 0 Å². The molecular weight excluding hydrogens is 270 g/mol. The summed E-state index contributed by atoms with van der Waals surface area (Å²) in [4.78, 5) is 1.98. The summed E-state index contributed by atoms with van der Waals surface area (Å²) in [6.45, 7) is 3.60. The number of benzene rings is 1. The van der Waals surface area contributed by atoms with Gasteiger partial charge in [0.15, 0.2) is 0 Å². The van der Waals surface area contributed by atoms with Crippen LogP contribution in [0, 0.1) is 11.6 Å². The van der Waals surface area contributed by atoms with Gasteiger partial charge in [0.25, 0.3) is 0 Å². The van der Waals surface area contributed by atoms with Crippen LogP contribution in [-0.4, -0.2) is 24.7 Å². The number of piperazine rings is 1. The van der Waals surface area contributed by atoms with E-state index in [-0.39, 0.29) is 17.3 Å². The summed E-state index contributed by atoms with van der Waals surface area (Å²) in [7, 11) is 0. The summed E-state index contributed by atoms with van der Waals surface area (Å²) in [6.07, 6.45) is 6.78. The number of anilines is 1. The topological polar surface area (TPSA) is 15.3 Å². The van der Waals surface area contributed by atoms with E-state index in [1.54, 1.807) is 0 Å². The highest BCUT2D eigenvalue weighted by molar-refractivity contribution is 5.51. The normalized spacial score (nSPS) is 25.3. The van der Waals surface area contributed by atoms with Gasteiger partial charge in [-0.15, -0.1) is 0 Å². The van der Waals surface area contributed by atoms with Crippen LogP contribution in [0.25, 0.3) is 0 Å². The SMILES string of the molecule is CCC1CNC2(CCCCC2)CN1c1c(F)cccc1F. The molecule has 1 aliphatic carbocycles. The van der Waals surface area contributed by atoms with Crippen LogP contribution >= 0.6 is 0 Å². The predicted molar refractivity (Wildman–Crippen MR) is 81.6 cm³/mol. The monoisotopic (exact) mass is 294 g/mol. The number of hydrogen-bond acceptors (Lipinski definition) is 2. The molecule has 1 aromatic rings. The highest BCUT2D eigenvalue weighted by Gasteiger charge is 2.40. The Hall–Kier alpha value is -1.16.